The Bertz CT molecular complexity index is 452. The van der Waals surface area contributed by atoms with Crippen LogP contribution in [0, 0.1) is 6.92 Å². The molecule has 0 saturated carbocycles. The molecule has 0 aliphatic heterocycles. The summed E-state index contributed by atoms with van der Waals surface area (Å²) in [5, 5.41) is 0. The molecule has 0 radical (unpaired) electrons. The van der Waals surface area contributed by atoms with E-state index in [2.05, 4.69) is 40.7 Å². The first kappa shape index (κ1) is 13.1. The van der Waals surface area contributed by atoms with Crippen LogP contribution in [0.4, 0.5) is 0 Å². The molecule has 0 bridgehead atoms. The van der Waals surface area contributed by atoms with E-state index in [4.69, 9.17) is 11.6 Å². The molecule has 16 heavy (non-hydrogen) atoms. The van der Waals surface area contributed by atoms with E-state index in [1.807, 2.05) is 12.5 Å². The fourth-order valence-corrected chi connectivity index (χ4v) is 1.83. The quantitative estimate of drug-likeness (QED) is 0.770. The summed E-state index contributed by atoms with van der Waals surface area (Å²) in [5.74, 6) is 0.506. The van der Waals surface area contributed by atoms with Crippen LogP contribution in [0.3, 0.4) is 0 Å². The molecule has 2 aromatic rings. The lowest BCUT2D eigenvalue weighted by Gasteiger charge is -2.06. The molecule has 0 aliphatic rings. The molecule has 0 amide bonds. The minimum Gasteiger partial charge on any atom is -0.329 e. The number of rotatable bonds is 3. The second-order valence-corrected chi connectivity index (χ2v) is 3.90. The van der Waals surface area contributed by atoms with Crippen LogP contribution in [0.2, 0.25) is 0 Å². The summed E-state index contributed by atoms with van der Waals surface area (Å²) in [4.78, 5) is 4.09. The summed E-state index contributed by atoms with van der Waals surface area (Å²) in [6.45, 7) is 2.93. The molecule has 4 heteroatoms. The van der Waals surface area contributed by atoms with Crippen molar-refractivity contribution in [1.29, 1.82) is 0 Å². The molecule has 0 N–H and O–H groups in total. The van der Waals surface area contributed by atoms with Crippen molar-refractivity contribution in [2.75, 3.05) is 0 Å². The molecule has 0 aliphatic carbocycles. The highest BCUT2D eigenvalue weighted by Crippen LogP contribution is 2.09. The van der Waals surface area contributed by atoms with E-state index in [1.165, 1.54) is 11.1 Å². The van der Waals surface area contributed by atoms with Gasteiger partial charge in [-0.2, -0.15) is 0 Å². The lowest BCUT2D eigenvalue weighted by atomic mass is 10.1. The lowest BCUT2D eigenvalue weighted by Crippen LogP contribution is -2.01. The molecule has 1 aromatic carbocycles. The second kappa shape index (κ2) is 5.92. The molecule has 2 rings (SSSR count). The van der Waals surface area contributed by atoms with Crippen molar-refractivity contribution >= 4 is 24.0 Å². The first-order valence-corrected chi connectivity index (χ1v) is 5.43. The number of aromatic nitrogens is 2. The van der Waals surface area contributed by atoms with E-state index < -0.39 is 0 Å². The largest absolute Gasteiger partial charge is 0.329 e. The number of nitrogens with zero attached hydrogens (tertiary/aromatic N) is 2. The van der Waals surface area contributed by atoms with Gasteiger partial charge in [0, 0.05) is 12.7 Å². The van der Waals surface area contributed by atoms with Gasteiger partial charge < -0.3 is 4.57 Å². The average molecular weight is 257 g/mol. The fraction of sp³-hybridized carbons (Fsp3) is 0.250. The molecule has 0 atom stereocenters. The van der Waals surface area contributed by atoms with Gasteiger partial charge >= 0.3 is 0 Å². The molecule has 1 heterocycles. The number of halogens is 2. The van der Waals surface area contributed by atoms with Crippen LogP contribution in [-0.4, -0.2) is 9.55 Å². The van der Waals surface area contributed by atoms with Gasteiger partial charge in [0.25, 0.3) is 0 Å². The first-order valence-electron chi connectivity index (χ1n) is 4.90. The Labute approximate surface area is 107 Å². The number of aryl methyl sites for hydroxylation is 1. The lowest BCUT2D eigenvalue weighted by molar-refractivity contribution is 0.764. The zero-order valence-corrected chi connectivity index (χ0v) is 10.6. The number of imidazole rings is 1. The van der Waals surface area contributed by atoms with Gasteiger partial charge in [-0.3, -0.25) is 0 Å². The van der Waals surface area contributed by atoms with Crippen LogP contribution < -0.4 is 0 Å². The normalized spacial score (nSPS) is 9.88. The van der Waals surface area contributed by atoms with Crippen molar-refractivity contribution in [2.45, 2.75) is 19.3 Å². The highest BCUT2D eigenvalue weighted by atomic mass is 35.5. The van der Waals surface area contributed by atoms with Crippen molar-refractivity contribution < 1.29 is 0 Å². The van der Waals surface area contributed by atoms with Gasteiger partial charge in [-0.25, -0.2) is 4.98 Å². The van der Waals surface area contributed by atoms with Crippen LogP contribution in [0.25, 0.3) is 0 Å². The third-order valence-corrected chi connectivity index (χ3v) is 2.64. The Morgan fingerprint density at radius 1 is 1.38 bits per heavy atom. The van der Waals surface area contributed by atoms with Gasteiger partial charge in [0.1, 0.15) is 0 Å². The van der Waals surface area contributed by atoms with Crippen LogP contribution in [-0.2, 0) is 12.4 Å². The van der Waals surface area contributed by atoms with Crippen molar-refractivity contribution in [1.82, 2.24) is 9.55 Å². The van der Waals surface area contributed by atoms with Crippen molar-refractivity contribution in [3.63, 3.8) is 0 Å². The van der Waals surface area contributed by atoms with Crippen LogP contribution >= 0.6 is 24.0 Å². The van der Waals surface area contributed by atoms with E-state index in [-0.39, 0.29) is 12.4 Å². The van der Waals surface area contributed by atoms with Gasteiger partial charge in [0.2, 0.25) is 0 Å². The fourth-order valence-electron chi connectivity index (χ4n) is 1.61. The number of hydrogen-bond donors (Lipinski definition) is 0. The standard InChI is InChI=1S/C12H13ClN2.ClH/c1-10-3-2-4-11(5-10)8-15-9-14-7-12(15)6-13;/h2-5,7,9H,6,8H2,1H3;1H. The summed E-state index contributed by atoms with van der Waals surface area (Å²) >= 11 is 5.81. The number of benzene rings is 1. The van der Waals surface area contributed by atoms with Gasteiger partial charge in [0.15, 0.2) is 0 Å². The summed E-state index contributed by atoms with van der Waals surface area (Å²) in [6, 6.07) is 8.46. The van der Waals surface area contributed by atoms with Gasteiger partial charge in [-0.05, 0) is 12.5 Å². The van der Waals surface area contributed by atoms with Crippen LogP contribution in [0.15, 0.2) is 36.8 Å². The Morgan fingerprint density at radius 3 is 2.88 bits per heavy atom. The smallest absolute Gasteiger partial charge is 0.0951 e. The Kier molecular flexibility index (Phi) is 4.84. The maximum Gasteiger partial charge on any atom is 0.0951 e. The minimum atomic E-state index is 0. The molecule has 0 unspecified atom stereocenters. The van der Waals surface area contributed by atoms with Crippen LogP contribution in [0.5, 0.6) is 0 Å². The first-order chi connectivity index (χ1) is 7.29. The zero-order valence-electron chi connectivity index (χ0n) is 9.06. The maximum atomic E-state index is 5.81. The minimum absolute atomic E-state index is 0. The third-order valence-electron chi connectivity index (χ3n) is 2.37. The predicted octanol–water partition coefficient (Wildman–Crippen LogP) is 3.40. The van der Waals surface area contributed by atoms with Crippen molar-refractivity contribution in [2.24, 2.45) is 0 Å². The third kappa shape index (κ3) is 3.00. The van der Waals surface area contributed by atoms with Crippen molar-refractivity contribution in [3.05, 3.63) is 53.6 Å². The SMILES string of the molecule is Cc1cccc(Cn2cncc2CCl)c1.Cl. The predicted molar refractivity (Wildman–Crippen MR) is 69.3 cm³/mol. The average Bonchev–Trinajstić information content (AvgIpc) is 2.65. The molecule has 2 nitrogen and oxygen atoms in total. The molecule has 0 fully saturated rings. The highest BCUT2D eigenvalue weighted by Gasteiger charge is 2.01. The Morgan fingerprint density at radius 2 is 2.19 bits per heavy atom. The second-order valence-electron chi connectivity index (χ2n) is 3.64. The van der Waals surface area contributed by atoms with E-state index in [0.717, 1.165) is 12.2 Å². The van der Waals surface area contributed by atoms with E-state index in [1.54, 1.807) is 0 Å². The summed E-state index contributed by atoms with van der Waals surface area (Å²) in [6.07, 6.45) is 3.63. The van der Waals surface area contributed by atoms with E-state index in [0.29, 0.717) is 5.88 Å². The molecular weight excluding hydrogens is 243 g/mol. The van der Waals surface area contributed by atoms with Gasteiger partial charge in [-0.1, -0.05) is 29.8 Å². The highest BCUT2D eigenvalue weighted by molar-refractivity contribution is 6.16. The Hall–Kier alpha value is -0.990. The summed E-state index contributed by atoms with van der Waals surface area (Å²) in [5.41, 5.74) is 3.61. The summed E-state index contributed by atoms with van der Waals surface area (Å²) in [7, 11) is 0. The maximum absolute atomic E-state index is 5.81. The molecule has 1 aromatic heterocycles. The number of alkyl halides is 1. The topological polar surface area (TPSA) is 17.8 Å². The van der Waals surface area contributed by atoms with E-state index in [9.17, 15) is 0 Å². The Balaban J connectivity index is 0.00000128. The van der Waals surface area contributed by atoms with E-state index >= 15 is 0 Å². The monoisotopic (exact) mass is 256 g/mol. The van der Waals surface area contributed by atoms with Crippen LogP contribution in [0.1, 0.15) is 16.8 Å². The van der Waals surface area contributed by atoms with Gasteiger partial charge in [-0.15, -0.1) is 24.0 Å². The molecule has 0 saturated heterocycles. The summed E-state index contributed by atoms with van der Waals surface area (Å²) < 4.78 is 2.07. The molecular formula is C12H14Cl2N2. The molecule has 0 spiro atoms. The number of hydrogen-bond acceptors (Lipinski definition) is 1. The molecule has 86 valence electrons. The van der Waals surface area contributed by atoms with Gasteiger partial charge in [0.05, 0.1) is 17.9 Å². The zero-order chi connectivity index (χ0) is 10.7. The van der Waals surface area contributed by atoms with Crippen molar-refractivity contribution in [3.8, 4) is 0 Å².